The first-order valence-electron chi connectivity index (χ1n) is 5.73. The molecule has 0 saturated carbocycles. The Hall–Kier alpha value is -1.55. The number of hydrogen-bond acceptors (Lipinski definition) is 3. The van der Waals surface area contributed by atoms with Gasteiger partial charge in [0.25, 0.3) is 0 Å². The minimum Gasteiger partial charge on any atom is -0.462 e. The molecule has 0 radical (unpaired) electrons. The van der Waals surface area contributed by atoms with Gasteiger partial charge in [0.1, 0.15) is 0 Å². The maximum Gasteiger partial charge on any atom is 0.340 e. The standard InChI is InChI=1S/C13H16ClNO3/c1-3-18-13(17)10-6-4-5-7-11(10)15-12(16)9(2)8-14/h4-7,9H,3,8H2,1-2H3,(H,15,16). The molecule has 1 amide bonds. The number of ether oxygens (including phenoxy) is 1. The van der Waals surface area contributed by atoms with Gasteiger partial charge in [-0.25, -0.2) is 4.79 Å². The number of rotatable bonds is 5. The summed E-state index contributed by atoms with van der Waals surface area (Å²) in [6.07, 6.45) is 0. The second-order valence-electron chi connectivity index (χ2n) is 3.81. The van der Waals surface area contributed by atoms with Crippen LogP contribution >= 0.6 is 11.6 Å². The van der Waals surface area contributed by atoms with Crippen LogP contribution in [0.2, 0.25) is 0 Å². The molecule has 1 unspecified atom stereocenters. The van der Waals surface area contributed by atoms with E-state index in [4.69, 9.17) is 16.3 Å². The number of benzene rings is 1. The molecule has 4 nitrogen and oxygen atoms in total. The number of hydrogen-bond donors (Lipinski definition) is 1. The van der Waals surface area contributed by atoms with E-state index in [2.05, 4.69) is 5.32 Å². The number of para-hydroxylation sites is 1. The Morgan fingerprint density at radius 1 is 1.39 bits per heavy atom. The van der Waals surface area contributed by atoms with Crippen molar-refractivity contribution in [3.63, 3.8) is 0 Å². The average Bonchev–Trinajstić information content (AvgIpc) is 2.38. The summed E-state index contributed by atoms with van der Waals surface area (Å²) < 4.78 is 4.92. The molecule has 0 aliphatic heterocycles. The van der Waals surface area contributed by atoms with Crippen LogP contribution in [0.4, 0.5) is 5.69 Å². The minimum atomic E-state index is -0.452. The van der Waals surface area contributed by atoms with Gasteiger partial charge in [0.15, 0.2) is 0 Å². The van der Waals surface area contributed by atoms with Crippen LogP contribution in [0.3, 0.4) is 0 Å². The smallest absolute Gasteiger partial charge is 0.340 e. The van der Waals surface area contributed by atoms with Crippen molar-refractivity contribution in [1.29, 1.82) is 0 Å². The van der Waals surface area contributed by atoms with Gasteiger partial charge >= 0.3 is 5.97 Å². The zero-order valence-corrected chi connectivity index (χ0v) is 11.2. The summed E-state index contributed by atoms with van der Waals surface area (Å²) in [5, 5.41) is 2.68. The third-order valence-corrected chi connectivity index (χ3v) is 2.82. The van der Waals surface area contributed by atoms with Crippen molar-refractivity contribution in [2.45, 2.75) is 13.8 Å². The number of esters is 1. The van der Waals surface area contributed by atoms with Crippen LogP contribution in [0.1, 0.15) is 24.2 Å². The van der Waals surface area contributed by atoms with E-state index in [0.29, 0.717) is 17.9 Å². The van der Waals surface area contributed by atoms with Crippen LogP contribution in [0.5, 0.6) is 0 Å². The van der Waals surface area contributed by atoms with Crippen molar-refractivity contribution >= 4 is 29.2 Å². The topological polar surface area (TPSA) is 55.4 Å². The van der Waals surface area contributed by atoms with Gasteiger partial charge in [-0.05, 0) is 19.1 Å². The second kappa shape index (κ2) is 7.01. The van der Waals surface area contributed by atoms with E-state index in [0.717, 1.165) is 0 Å². The highest BCUT2D eigenvalue weighted by Gasteiger charge is 2.16. The maximum atomic E-state index is 11.7. The summed E-state index contributed by atoms with van der Waals surface area (Å²) in [5.41, 5.74) is 0.785. The molecule has 0 fully saturated rings. The van der Waals surface area contributed by atoms with E-state index >= 15 is 0 Å². The molecule has 0 heterocycles. The quantitative estimate of drug-likeness (QED) is 0.660. The lowest BCUT2D eigenvalue weighted by molar-refractivity contribution is -0.118. The molecule has 0 saturated heterocycles. The first kappa shape index (κ1) is 14.5. The molecule has 5 heteroatoms. The van der Waals surface area contributed by atoms with Crippen LogP contribution in [-0.2, 0) is 9.53 Å². The van der Waals surface area contributed by atoms with Gasteiger partial charge in [-0.15, -0.1) is 11.6 Å². The molecular weight excluding hydrogens is 254 g/mol. The Bertz CT molecular complexity index is 434. The predicted octanol–water partition coefficient (Wildman–Crippen LogP) is 2.68. The van der Waals surface area contributed by atoms with Gasteiger partial charge in [-0.1, -0.05) is 19.1 Å². The zero-order chi connectivity index (χ0) is 13.5. The number of nitrogens with one attached hydrogen (secondary N) is 1. The molecule has 0 aromatic heterocycles. The Kier molecular flexibility index (Phi) is 5.65. The van der Waals surface area contributed by atoms with Crippen LogP contribution in [-0.4, -0.2) is 24.4 Å². The van der Waals surface area contributed by atoms with Crippen LogP contribution in [0.25, 0.3) is 0 Å². The molecule has 0 spiro atoms. The van der Waals surface area contributed by atoms with Crippen molar-refractivity contribution in [2.75, 3.05) is 17.8 Å². The molecule has 1 aromatic carbocycles. The summed E-state index contributed by atoms with van der Waals surface area (Å²) in [6, 6.07) is 6.72. The van der Waals surface area contributed by atoms with E-state index < -0.39 is 5.97 Å². The molecule has 98 valence electrons. The lowest BCUT2D eigenvalue weighted by atomic mass is 10.1. The highest BCUT2D eigenvalue weighted by molar-refractivity contribution is 6.19. The Morgan fingerprint density at radius 3 is 2.67 bits per heavy atom. The molecular formula is C13H16ClNO3. The average molecular weight is 270 g/mol. The largest absolute Gasteiger partial charge is 0.462 e. The van der Waals surface area contributed by atoms with E-state index in [1.54, 1.807) is 38.1 Å². The van der Waals surface area contributed by atoms with Gasteiger partial charge in [0, 0.05) is 11.8 Å². The van der Waals surface area contributed by atoms with E-state index in [1.807, 2.05) is 0 Å². The Labute approximate surface area is 111 Å². The summed E-state index contributed by atoms with van der Waals surface area (Å²) in [6.45, 7) is 3.74. The highest BCUT2D eigenvalue weighted by atomic mass is 35.5. The van der Waals surface area contributed by atoms with Gasteiger partial charge < -0.3 is 10.1 Å². The maximum absolute atomic E-state index is 11.7. The van der Waals surface area contributed by atoms with E-state index in [1.165, 1.54) is 0 Å². The number of carbonyl (C=O) groups excluding carboxylic acids is 2. The van der Waals surface area contributed by atoms with Crippen molar-refractivity contribution in [1.82, 2.24) is 0 Å². The minimum absolute atomic E-state index is 0.221. The van der Waals surface area contributed by atoms with Gasteiger partial charge in [0.05, 0.1) is 17.9 Å². The highest BCUT2D eigenvalue weighted by Crippen LogP contribution is 2.17. The van der Waals surface area contributed by atoms with Crippen LogP contribution in [0.15, 0.2) is 24.3 Å². The van der Waals surface area contributed by atoms with Gasteiger partial charge in [-0.2, -0.15) is 0 Å². The normalized spacial score (nSPS) is 11.7. The summed E-state index contributed by atoms with van der Waals surface area (Å²) in [7, 11) is 0. The van der Waals surface area contributed by atoms with E-state index in [9.17, 15) is 9.59 Å². The second-order valence-corrected chi connectivity index (χ2v) is 4.12. The van der Waals surface area contributed by atoms with Crippen molar-refractivity contribution in [2.24, 2.45) is 5.92 Å². The van der Waals surface area contributed by atoms with Gasteiger partial charge in [-0.3, -0.25) is 4.79 Å². The molecule has 1 rings (SSSR count). The molecule has 0 aliphatic rings. The number of amides is 1. The Balaban J connectivity index is 2.89. The van der Waals surface area contributed by atoms with Gasteiger partial charge in [0.2, 0.25) is 5.91 Å². The third kappa shape index (κ3) is 3.74. The molecule has 0 bridgehead atoms. The number of carbonyl (C=O) groups is 2. The first-order chi connectivity index (χ1) is 8.60. The number of halogens is 1. The Morgan fingerprint density at radius 2 is 2.06 bits per heavy atom. The monoisotopic (exact) mass is 269 g/mol. The summed E-state index contributed by atoms with van der Waals surface area (Å²) in [5.74, 6) is -0.761. The predicted molar refractivity (Wildman–Crippen MR) is 70.9 cm³/mol. The van der Waals surface area contributed by atoms with E-state index in [-0.39, 0.29) is 17.7 Å². The van der Waals surface area contributed by atoms with Crippen LogP contribution < -0.4 is 5.32 Å². The third-order valence-electron chi connectivity index (χ3n) is 2.36. The van der Waals surface area contributed by atoms with Crippen molar-refractivity contribution < 1.29 is 14.3 Å². The fraction of sp³-hybridized carbons (Fsp3) is 0.385. The molecule has 1 aromatic rings. The molecule has 18 heavy (non-hydrogen) atoms. The number of alkyl halides is 1. The first-order valence-corrected chi connectivity index (χ1v) is 6.26. The molecule has 0 aliphatic carbocycles. The fourth-order valence-corrected chi connectivity index (χ4v) is 1.45. The summed E-state index contributed by atoms with van der Waals surface area (Å²) >= 11 is 5.61. The van der Waals surface area contributed by atoms with Crippen molar-refractivity contribution in [3.8, 4) is 0 Å². The summed E-state index contributed by atoms with van der Waals surface area (Å²) in [4.78, 5) is 23.4. The lowest BCUT2D eigenvalue weighted by Gasteiger charge is -2.12. The SMILES string of the molecule is CCOC(=O)c1ccccc1NC(=O)C(C)CCl. The number of anilines is 1. The molecule has 1 atom stereocenters. The fourth-order valence-electron chi connectivity index (χ4n) is 1.30. The van der Waals surface area contributed by atoms with Crippen LogP contribution in [0, 0.1) is 5.92 Å². The zero-order valence-electron chi connectivity index (χ0n) is 10.4. The lowest BCUT2D eigenvalue weighted by Crippen LogP contribution is -2.23. The molecule has 1 N–H and O–H groups in total. The van der Waals surface area contributed by atoms with Crippen molar-refractivity contribution in [3.05, 3.63) is 29.8 Å².